The highest BCUT2D eigenvalue weighted by Gasteiger charge is 2.64. The molecule has 0 heterocycles. The maximum Gasteiger partial charge on any atom is 0.268 e. The van der Waals surface area contributed by atoms with E-state index >= 15 is 0 Å². The van der Waals surface area contributed by atoms with Crippen LogP contribution in [0.1, 0.15) is 105 Å². The topological polar surface area (TPSA) is 74.6 Å². The fourth-order valence-electron chi connectivity index (χ4n) is 9.74. The van der Waals surface area contributed by atoms with Crippen LogP contribution in [0, 0.1) is 52.3 Å². The van der Waals surface area contributed by atoms with Crippen molar-refractivity contribution in [3.8, 4) is 0 Å². The van der Waals surface area contributed by atoms with Crippen molar-refractivity contribution in [3.05, 3.63) is 0 Å². The van der Waals surface area contributed by atoms with Crippen molar-refractivity contribution < 1.29 is 18.1 Å². The second kappa shape index (κ2) is 8.82. The van der Waals surface area contributed by atoms with Crippen molar-refractivity contribution in [2.24, 2.45) is 52.3 Å². The van der Waals surface area contributed by atoms with E-state index in [0.717, 1.165) is 30.6 Å². The Morgan fingerprint density at radius 3 is 2.31 bits per heavy atom. The summed E-state index contributed by atoms with van der Waals surface area (Å²) < 4.78 is 35.2. The third kappa shape index (κ3) is 4.11. The van der Waals surface area contributed by atoms with Gasteiger partial charge in [-0.05, 0) is 104 Å². The quantitative estimate of drug-likeness (QED) is 0.446. The Kier molecular flexibility index (Phi) is 6.89. The first-order valence-electron chi connectivity index (χ1n) is 13.5. The lowest BCUT2D eigenvalue weighted by Gasteiger charge is -2.62. The van der Waals surface area contributed by atoms with Gasteiger partial charge in [0.25, 0.3) is 10.1 Å². The van der Waals surface area contributed by atoms with Crippen LogP contribution in [0.4, 0.5) is 0 Å². The molecule has 0 aromatic rings. The first kappa shape index (κ1) is 25.0. The van der Waals surface area contributed by atoms with Crippen LogP contribution in [0.3, 0.4) is 0 Å². The van der Waals surface area contributed by atoms with E-state index in [9.17, 15) is 18.1 Å². The summed E-state index contributed by atoms with van der Waals surface area (Å²) in [4.78, 5) is 0. The second-order valence-electron chi connectivity index (χ2n) is 13.2. The second-order valence-corrected chi connectivity index (χ2v) is 14.8. The van der Waals surface area contributed by atoms with Gasteiger partial charge in [0.1, 0.15) is 0 Å². The first-order chi connectivity index (χ1) is 14.9. The van der Waals surface area contributed by atoms with Crippen LogP contribution < -0.4 is 0 Å². The van der Waals surface area contributed by atoms with E-state index in [1.165, 1.54) is 44.9 Å². The van der Waals surface area contributed by atoms with Crippen molar-refractivity contribution in [2.75, 3.05) is 0 Å². The number of hydrogen-bond acceptors (Lipinski definition) is 3. The summed E-state index contributed by atoms with van der Waals surface area (Å²) in [5.41, 5.74) is -0.0264. The van der Waals surface area contributed by atoms with E-state index in [1.54, 1.807) is 0 Å². The minimum absolute atomic E-state index is 0.201. The van der Waals surface area contributed by atoms with Crippen LogP contribution >= 0.6 is 0 Å². The molecule has 0 amide bonds. The molecule has 4 fully saturated rings. The Hall–Kier alpha value is -0.130. The number of hydrogen-bond donors (Lipinski definition) is 2. The molecule has 32 heavy (non-hydrogen) atoms. The third-order valence-corrected chi connectivity index (χ3v) is 12.7. The SMILES string of the molecule is CC(C)CCC[C@@H](C)[C@H]1CC[C@H]2[C@H]3CC[C@@H]4C[C@H](O)CC(S(=O)(=O)O)[C@]4(C)[C@H]3CC[C@]12C. The van der Waals surface area contributed by atoms with Crippen molar-refractivity contribution >= 4 is 10.1 Å². The van der Waals surface area contributed by atoms with Gasteiger partial charge in [-0.2, -0.15) is 8.42 Å². The van der Waals surface area contributed by atoms with E-state index in [4.69, 9.17) is 0 Å². The molecule has 5 heteroatoms. The van der Waals surface area contributed by atoms with Gasteiger partial charge < -0.3 is 5.11 Å². The largest absolute Gasteiger partial charge is 0.393 e. The molecule has 4 nitrogen and oxygen atoms in total. The zero-order valence-corrected chi connectivity index (χ0v) is 21.9. The summed E-state index contributed by atoms with van der Waals surface area (Å²) in [6, 6.07) is 0. The molecule has 0 bridgehead atoms. The maximum atomic E-state index is 12.5. The van der Waals surface area contributed by atoms with Crippen molar-refractivity contribution in [1.82, 2.24) is 0 Å². The molecular formula is C27H48O4S. The van der Waals surface area contributed by atoms with E-state index in [2.05, 4.69) is 34.6 Å². The van der Waals surface area contributed by atoms with E-state index in [1.807, 2.05) is 0 Å². The zero-order valence-electron chi connectivity index (χ0n) is 21.1. The molecule has 0 aromatic heterocycles. The Balaban J connectivity index is 1.56. The Morgan fingerprint density at radius 1 is 0.938 bits per heavy atom. The summed E-state index contributed by atoms with van der Waals surface area (Å²) in [5.74, 6) is 4.15. The molecule has 1 unspecified atom stereocenters. The molecule has 4 saturated carbocycles. The standard InChI is InChI=1S/C27H48O4S/c1-17(2)7-6-8-18(3)22-11-12-23-21-10-9-19-15-20(28)16-25(32(29,30)31)27(19,5)24(21)13-14-26(22,23)4/h17-25,28H,6-16H2,1-5H3,(H,29,30,31)/t18-,19-,20+,21-,22-,23+,24+,25?,26-,27+/m1/s1. The third-order valence-electron chi connectivity index (χ3n) is 11.3. The van der Waals surface area contributed by atoms with Gasteiger partial charge in [-0.15, -0.1) is 0 Å². The van der Waals surface area contributed by atoms with Crippen LogP contribution in [0.5, 0.6) is 0 Å². The summed E-state index contributed by atoms with van der Waals surface area (Å²) in [7, 11) is -4.18. The van der Waals surface area contributed by atoms with E-state index < -0.39 is 26.9 Å². The lowest BCUT2D eigenvalue weighted by atomic mass is 9.44. The van der Waals surface area contributed by atoms with Crippen LogP contribution in [0.15, 0.2) is 0 Å². The lowest BCUT2D eigenvalue weighted by molar-refractivity contribution is -0.127. The molecule has 4 rings (SSSR count). The summed E-state index contributed by atoms with van der Waals surface area (Å²) in [6.07, 6.45) is 11.4. The van der Waals surface area contributed by atoms with Crippen molar-refractivity contribution in [1.29, 1.82) is 0 Å². The predicted molar refractivity (Wildman–Crippen MR) is 130 cm³/mol. The molecule has 2 N–H and O–H groups in total. The highest BCUT2D eigenvalue weighted by Crippen LogP contribution is 2.69. The molecule has 0 aromatic carbocycles. The Morgan fingerprint density at radius 2 is 1.66 bits per heavy atom. The summed E-state index contributed by atoms with van der Waals surface area (Å²) in [5, 5.41) is 9.60. The average Bonchev–Trinajstić information content (AvgIpc) is 3.04. The van der Waals surface area contributed by atoms with Crippen LogP contribution in [0.2, 0.25) is 0 Å². The van der Waals surface area contributed by atoms with Crippen molar-refractivity contribution in [2.45, 2.75) is 117 Å². The van der Waals surface area contributed by atoms with Gasteiger partial charge >= 0.3 is 0 Å². The predicted octanol–water partition coefficient (Wildman–Crippen LogP) is 6.33. The molecule has 0 aliphatic heterocycles. The van der Waals surface area contributed by atoms with E-state index in [0.29, 0.717) is 29.6 Å². The molecule has 10 atom stereocenters. The monoisotopic (exact) mass is 468 g/mol. The van der Waals surface area contributed by atoms with Crippen molar-refractivity contribution in [3.63, 3.8) is 0 Å². The molecule has 4 aliphatic carbocycles. The first-order valence-corrected chi connectivity index (χ1v) is 15.0. The average molecular weight is 469 g/mol. The van der Waals surface area contributed by atoms with Gasteiger partial charge in [-0.25, -0.2) is 0 Å². The van der Waals surface area contributed by atoms with Gasteiger partial charge in [0.05, 0.1) is 11.4 Å². The number of aliphatic hydroxyl groups is 1. The highest BCUT2D eigenvalue weighted by atomic mass is 32.2. The minimum Gasteiger partial charge on any atom is -0.393 e. The Bertz CT molecular complexity index is 779. The number of rotatable bonds is 6. The molecule has 0 saturated heterocycles. The molecule has 0 spiro atoms. The smallest absolute Gasteiger partial charge is 0.268 e. The van der Waals surface area contributed by atoms with Crippen LogP contribution in [-0.4, -0.2) is 29.4 Å². The zero-order chi connectivity index (χ0) is 23.5. The number of fused-ring (bicyclic) bond motifs is 5. The summed E-state index contributed by atoms with van der Waals surface area (Å²) in [6.45, 7) is 11.8. The van der Waals surface area contributed by atoms with Gasteiger partial charge in [-0.3, -0.25) is 4.55 Å². The maximum absolute atomic E-state index is 12.5. The lowest BCUT2D eigenvalue weighted by Crippen LogP contribution is -2.61. The molecule has 4 aliphatic rings. The van der Waals surface area contributed by atoms with E-state index in [-0.39, 0.29) is 12.3 Å². The van der Waals surface area contributed by atoms with Gasteiger partial charge in [0, 0.05) is 0 Å². The Labute approximate surface area is 197 Å². The molecule has 186 valence electrons. The number of aliphatic hydroxyl groups excluding tert-OH is 1. The van der Waals surface area contributed by atoms with Gasteiger partial charge in [0.15, 0.2) is 0 Å². The fraction of sp³-hybridized carbons (Fsp3) is 1.00. The molecular weight excluding hydrogens is 420 g/mol. The van der Waals surface area contributed by atoms with Crippen LogP contribution in [0.25, 0.3) is 0 Å². The highest BCUT2D eigenvalue weighted by molar-refractivity contribution is 7.86. The summed E-state index contributed by atoms with van der Waals surface area (Å²) >= 11 is 0. The molecule has 0 radical (unpaired) electrons. The fourth-order valence-corrected chi connectivity index (χ4v) is 11.2. The minimum atomic E-state index is -4.18. The van der Waals surface area contributed by atoms with Gasteiger partial charge in [0.2, 0.25) is 0 Å². The van der Waals surface area contributed by atoms with Gasteiger partial charge in [-0.1, -0.05) is 53.9 Å². The normalized spacial score (nSPS) is 47.6. The van der Waals surface area contributed by atoms with Crippen LogP contribution in [-0.2, 0) is 10.1 Å².